The highest BCUT2D eigenvalue weighted by molar-refractivity contribution is 6.22. The number of nitrogens with zero attached hydrogens (tertiary/aromatic N) is 2. The van der Waals surface area contributed by atoms with Gasteiger partial charge in [0.05, 0.1) is 11.1 Å². The van der Waals surface area contributed by atoms with E-state index in [0.717, 1.165) is 17.7 Å². The summed E-state index contributed by atoms with van der Waals surface area (Å²) in [7, 11) is 0. The first-order valence-corrected chi connectivity index (χ1v) is 7.97. The predicted octanol–water partition coefficient (Wildman–Crippen LogP) is 0.868. The normalized spacial score (nSPS) is 24.1. The number of imide groups is 1. The average molecular weight is 315 g/mol. The number of amides is 3. The Morgan fingerprint density at radius 3 is 2.39 bits per heavy atom. The molecule has 0 bridgehead atoms. The summed E-state index contributed by atoms with van der Waals surface area (Å²) in [4.78, 5) is 40.0. The van der Waals surface area contributed by atoms with Crippen LogP contribution in [0.25, 0.3) is 0 Å². The number of likely N-dealkylation sites (tertiary alicyclic amines) is 1. The van der Waals surface area contributed by atoms with Crippen LogP contribution in [-0.2, 0) is 4.79 Å². The smallest absolute Gasteiger partial charge is 0.262 e. The summed E-state index contributed by atoms with van der Waals surface area (Å²) < 4.78 is 0. The van der Waals surface area contributed by atoms with Crippen molar-refractivity contribution in [2.24, 2.45) is 11.7 Å². The summed E-state index contributed by atoms with van der Waals surface area (Å²) >= 11 is 0. The predicted molar refractivity (Wildman–Crippen MR) is 84.8 cm³/mol. The minimum atomic E-state index is -0.395. The first-order valence-electron chi connectivity index (χ1n) is 7.97. The van der Waals surface area contributed by atoms with Crippen molar-refractivity contribution in [3.8, 4) is 0 Å². The van der Waals surface area contributed by atoms with Gasteiger partial charge in [-0.15, -0.1) is 0 Å². The molecule has 1 fully saturated rings. The SMILES string of the molecule is CC1CCN(C(=O)CN2C(=O)c3ccccc3C2=O)C(CN)C1. The van der Waals surface area contributed by atoms with E-state index in [1.807, 2.05) is 0 Å². The Bertz CT molecular complexity index is 623. The molecule has 1 aromatic carbocycles. The van der Waals surface area contributed by atoms with E-state index in [0.29, 0.717) is 30.1 Å². The maximum absolute atomic E-state index is 12.6. The molecule has 0 aromatic heterocycles. The summed E-state index contributed by atoms with van der Waals surface area (Å²) in [6.07, 6.45) is 1.79. The van der Waals surface area contributed by atoms with Gasteiger partial charge < -0.3 is 10.6 Å². The van der Waals surface area contributed by atoms with Crippen molar-refractivity contribution in [1.29, 1.82) is 0 Å². The van der Waals surface area contributed by atoms with Gasteiger partial charge >= 0.3 is 0 Å². The largest absolute Gasteiger partial charge is 0.337 e. The standard InChI is InChI=1S/C17H21N3O3/c1-11-6-7-19(12(8-11)9-18)15(21)10-20-16(22)13-4-2-3-5-14(13)17(20)23/h2-5,11-12H,6-10,18H2,1H3. The lowest BCUT2D eigenvalue weighted by atomic mass is 9.92. The molecule has 2 heterocycles. The van der Waals surface area contributed by atoms with Crippen LogP contribution in [-0.4, -0.2) is 53.2 Å². The molecule has 6 heteroatoms. The molecule has 0 aliphatic carbocycles. The molecule has 0 radical (unpaired) electrons. The van der Waals surface area contributed by atoms with Crippen molar-refractivity contribution in [3.63, 3.8) is 0 Å². The van der Waals surface area contributed by atoms with E-state index in [9.17, 15) is 14.4 Å². The van der Waals surface area contributed by atoms with Gasteiger partial charge in [0, 0.05) is 19.1 Å². The third-order valence-corrected chi connectivity index (χ3v) is 4.74. The number of hydrogen-bond acceptors (Lipinski definition) is 4. The second-order valence-electron chi connectivity index (χ2n) is 6.35. The molecule has 1 aromatic rings. The number of nitrogens with two attached hydrogens (primary N) is 1. The number of fused-ring (bicyclic) bond motifs is 1. The molecule has 1 saturated heterocycles. The van der Waals surface area contributed by atoms with E-state index >= 15 is 0 Å². The topological polar surface area (TPSA) is 83.7 Å². The number of piperidine rings is 1. The van der Waals surface area contributed by atoms with Gasteiger partial charge in [-0.1, -0.05) is 19.1 Å². The third-order valence-electron chi connectivity index (χ3n) is 4.74. The van der Waals surface area contributed by atoms with E-state index in [1.54, 1.807) is 29.2 Å². The summed E-state index contributed by atoms with van der Waals surface area (Å²) in [5, 5.41) is 0. The number of hydrogen-bond donors (Lipinski definition) is 1. The van der Waals surface area contributed by atoms with Crippen LogP contribution in [0.15, 0.2) is 24.3 Å². The van der Waals surface area contributed by atoms with Gasteiger partial charge in [0.25, 0.3) is 11.8 Å². The Hall–Kier alpha value is -2.21. The van der Waals surface area contributed by atoms with E-state index < -0.39 is 11.8 Å². The molecule has 0 spiro atoms. The van der Waals surface area contributed by atoms with Crippen LogP contribution in [0.2, 0.25) is 0 Å². The number of benzene rings is 1. The second kappa shape index (κ2) is 6.12. The van der Waals surface area contributed by atoms with Gasteiger partial charge in [-0.25, -0.2) is 0 Å². The fourth-order valence-electron chi connectivity index (χ4n) is 3.41. The zero-order valence-corrected chi connectivity index (χ0v) is 13.2. The van der Waals surface area contributed by atoms with Gasteiger partial charge in [0.15, 0.2) is 0 Å². The second-order valence-corrected chi connectivity index (χ2v) is 6.35. The third kappa shape index (κ3) is 2.74. The molecular weight excluding hydrogens is 294 g/mol. The van der Waals surface area contributed by atoms with Crippen molar-refractivity contribution in [3.05, 3.63) is 35.4 Å². The first-order chi connectivity index (χ1) is 11.0. The van der Waals surface area contributed by atoms with Crippen LogP contribution in [0.5, 0.6) is 0 Å². The van der Waals surface area contributed by atoms with Crippen molar-refractivity contribution < 1.29 is 14.4 Å². The zero-order valence-electron chi connectivity index (χ0n) is 13.2. The lowest BCUT2D eigenvalue weighted by molar-refractivity contribution is -0.135. The Balaban J connectivity index is 1.74. The highest BCUT2D eigenvalue weighted by Crippen LogP contribution is 2.25. The van der Waals surface area contributed by atoms with Crippen molar-refractivity contribution in [2.45, 2.75) is 25.8 Å². The van der Waals surface area contributed by atoms with Crippen LogP contribution in [0.4, 0.5) is 0 Å². The molecule has 3 amide bonds. The summed E-state index contributed by atoms with van der Waals surface area (Å²) in [5.41, 5.74) is 6.52. The van der Waals surface area contributed by atoms with E-state index in [2.05, 4.69) is 6.92 Å². The lowest BCUT2D eigenvalue weighted by Crippen LogP contribution is -2.52. The Morgan fingerprint density at radius 2 is 1.83 bits per heavy atom. The van der Waals surface area contributed by atoms with Crippen LogP contribution in [0.1, 0.15) is 40.5 Å². The molecule has 2 N–H and O–H groups in total. The minimum Gasteiger partial charge on any atom is -0.337 e. The number of carbonyl (C=O) groups excluding carboxylic acids is 3. The highest BCUT2D eigenvalue weighted by atomic mass is 16.2. The maximum atomic E-state index is 12.6. The zero-order chi connectivity index (χ0) is 16.6. The summed E-state index contributed by atoms with van der Waals surface area (Å²) in [6, 6.07) is 6.65. The van der Waals surface area contributed by atoms with Crippen LogP contribution < -0.4 is 5.73 Å². The number of carbonyl (C=O) groups is 3. The molecule has 2 aliphatic heterocycles. The molecular formula is C17H21N3O3. The molecule has 0 saturated carbocycles. The van der Waals surface area contributed by atoms with Gasteiger partial charge in [0.1, 0.15) is 6.54 Å². The summed E-state index contributed by atoms with van der Waals surface area (Å²) in [5.74, 6) is -0.462. The maximum Gasteiger partial charge on any atom is 0.262 e. The quantitative estimate of drug-likeness (QED) is 0.839. The molecule has 2 unspecified atom stereocenters. The van der Waals surface area contributed by atoms with Crippen LogP contribution in [0, 0.1) is 5.92 Å². The molecule has 6 nitrogen and oxygen atoms in total. The fraction of sp³-hybridized carbons (Fsp3) is 0.471. The van der Waals surface area contributed by atoms with E-state index in [4.69, 9.17) is 5.73 Å². The van der Waals surface area contributed by atoms with E-state index in [1.165, 1.54) is 0 Å². The first kappa shape index (κ1) is 15.7. The molecule has 3 rings (SSSR count). The molecule has 2 atom stereocenters. The Kier molecular flexibility index (Phi) is 4.17. The van der Waals surface area contributed by atoms with Crippen LogP contribution in [0.3, 0.4) is 0 Å². The van der Waals surface area contributed by atoms with Crippen LogP contribution >= 0.6 is 0 Å². The number of rotatable bonds is 3. The van der Waals surface area contributed by atoms with Gasteiger partial charge in [-0.2, -0.15) is 0 Å². The Morgan fingerprint density at radius 1 is 1.22 bits per heavy atom. The monoisotopic (exact) mass is 315 g/mol. The summed E-state index contributed by atoms with van der Waals surface area (Å²) in [6.45, 7) is 2.97. The van der Waals surface area contributed by atoms with Crippen molar-refractivity contribution in [1.82, 2.24) is 9.80 Å². The molecule has 23 heavy (non-hydrogen) atoms. The van der Waals surface area contributed by atoms with Gasteiger partial charge in [-0.3, -0.25) is 19.3 Å². The molecule has 122 valence electrons. The van der Waals surface area contributed by atoms with E-state index in [-0.39, 0.29) is 18.5 Å². The van der Waals surface area contributed by atoms with Crippen molar-refractivity contribution >= 4 is 17.7 Å². The average Bonchev–Trinajstić information content (AvgIpc) is 2.80. The van der Waals surface area contributed by atoms with Gasteiger partial charge in [0.2, 0.25) is 5.91 Å². The van der Waals surface area contributed by atoms with Crippen molar-refractivity contribution in [2.75, 3.05) is 19.6 Å². The fourth-order valence-corrected chi connectivity index (χ4v) is 3.41. The highest BCUT2D eigenvalue weighted by Gasteiger charge is 2.38. The lowest BCUT2D eigenvalue weighted by Gasteiger charge is -2.38. The van der Waals surface area contributed by atoms with Gasteiger partial charge in [-0.05, 0) is 30.9 Å². The molecule has 2 aliphatic rings. The Labute approximate surface area is 135 Å². The minimum absolute atomic E-state index is 0.0126.